The number of halogens is 1. The van der Waals surface area contributed by atoms with Gasteiger partial charge in [0.05, 0.1) is 11.9 Å². The van der Waals surface area contributed by atoms with Gasteiger partial charge in [0.1, 0.15) is 12.1 Å². The lowest BCUT2D eigenvalue weighted by atomic mass is 10.1. The van der Waals surface area contributed by atoms with E-state index in [4.69, 9.17) is 0 Å². The zero-order chi connectivity index (χ0) is 20.2. The second-order valence-electron chi connectivity index (χ2n) is 8.10. The van der Waals surface area contributed by atoms with Crippen LogP contribution in [0.15, 0.2) is 30.9 Å². The average molecular weight is 408 g/mol. The lowest BCUT2D eigenvalue weighted by Gasteiger charge is -2.35. The van der Waals surface area contributed by atoms with E-state index in [9.17, 15) is 9.18 Å². The highest BCUT2D eigenvalue weighted by Gasteiger charge is 2.35. The van der Waals surface area contributed by atoms with Crippen LogP contribution in [0.5, 0.6) is 0 Å². The van der Waals surface area contributed by atoms with Crippen molar-refractivity contribution < 1.29 is 9.18 Å². The predicted octanol–water partition coefficient (Wildman–Crippen LogP) is 1.80. The summed E-state index contributed by atoms with van der Waals surface area (Å²) in [6.45, 7) is 2.46. The highest BCUT2D eigenvalue weighted by atomic mass is 19.1. The number of nitrogens with one attached hydrogen (secondary N) is 2. The zero-order valence-electron chi connectivity index (χ0n) is 16.3. The highest BCUT2D eigenvalue weighted by Crippen LogP contribution is 2.36. The quantitative estimate of drug-likeness (QED) is 0.672. The third-order valence-electron chi connectivity index (χ3n) is 6.26. The molecule has 9 nitrogen and oxygen atoms in total. The highest BCUT2D eigenvalue weighted by molar-refractivity contribution is 6.03. The molecule has 2 fully saturated rings. The van der Waals surface area contributed by atoms with E-state index in [0.29, 0.717) is 30.1 Å². The summed E-state index contributed by atoms with van der Waals surface area (Å²) in [6, 6.07) is 3.95. The number of rotatable bonds is 2. The minimum Gasteiger partial charge on any atom is -0.368 e. The lowest BCUT2D eigenvalue weighted by Crippen LogP contribution is -2.51. The lowest BCUT2D eigenvalue weighted by molar-refractivity contribution is 0.257. The van der Waals surface area contributed by atoms with E-state index in [0.717, 1.165) is 30.8 Å². The molecule has 0 aromatic carbocycles. The van der Waals surface area contributed by atoms with Gasteiger partial charge in [-0.15, -0.1) is 0 Å². The van der Waals surface area contributed by atoms with Crippen LogP contribution in [0, 0.1) is 5.82 Å². The number of carbonyl (C=O) groups is 1. The summed E-state index contributed by atoms with van der Waals surface area (Å²) >= 11 is 0. The molecule has 3 aliphatic heterocycles. The molecule has 0 radical (unpaired) electrons. The summed E-state index contributed by atoms with van der Waals surface area (Å²) in [6.07, 6.45) is 7.68. The minimum atomic E-state index is -0.554. The topological polar surface area (TPSA) is 90.7 Å². The molecule has 3 aromatic rings. The number of carbonyl (C=O) groups excluding carboxylic acids is 1. The van der Waals surface area contributed by atoms with Gasteiger partial charge in [-0.3, -0.25) is 4.90 Å². The number of anilines is 3. The molecule has 2 unspecified atom stereocenters. The Bertz CT molecular complexity index is 1140. The Labute approximate surface area is 171 Å². The van der Waals surface area contributed by atoms with Crippen LogP contribution in [0.25, 0.3) is 5.65 Å². The molecule has 2 saturated heterocycles. The predicted molar refractivity (Wildman–Crippen MR) is 109 cm³/mol. The molecule has 3 aliphatic rings. The van der Waals surface area contributed by atoms with Gasteiger partial charge in [0, 0.05) is 55.2 Å². The number of fused-ring (bicyclic) bond motifs is 4. The third-order valence-corrected chi connectivity index (χ3v) is 6.26. The molecule has 6 rings (SSSR count). The first-order chi connectivity index (χ1) is 14.7. The summed E-state index contributed by atoms with van der Waals surface area (Å²) in [5.74, 6) is 0.0967. The molecule has 2 N–H and O–H groups in total. The third kappa shape index (κ3) is 2.78. The molecular formula is C20H21FN8O. The van der Waals surface area contributed by atoms with Crippen LogP contribution in [0.2, 0.25) is 0 Å². The van der Waals surface area contributed by atoms with Gasteiger partial charge in [0.25, 0.3) is 0 Å². The molecule has 3 aromatic heterocycles. The van der Waals surface area contributed by atoms with Crippen LogP contribution >= 0.6 is 0 Å². The van der Waals surface area contributed by atoms with Gasteiger partial charge in [0.2, 0.25) is 0 Å². The minimum absolute atomic E-state index is 0.0567. The Morgan fingerprint density at radius 2 is 2.07 bits per heavy atom. The number of pyridine rings is 2. The number of hydrogen-bond acceptors (Lipinski definition) is 6. The van der Waals surface area contributed by atoms with Gasteiger partial charge >= 0.3 is 6.03 Å². The summed E-state index contributed by atoms with van der Waals surface area (Å²) < 4.78 is 15.8. The normalized spacial score (nSPS) is 22.6. The smallest absolute Gasteiger partial charge is 0.327 e. The summed E-state index contributed by atoms with van der Waals surface area (Å²) in [4.78, 5) is 25.4. The maximum Gasteiger partial charge on any atom is 0.327 e. The molecule has 0 saturated carbocycles. The number of amides is 2. The molecule has 0 aliphatic carbocycles. The number of piperazine rings is 1. The van der Waals surface area contributed by atoms with Crippen LogP contribution in [0.1, 0.15) is 18.4 Å². The number of hydrogen-bond donors (Lipinski definition) is 2. The van der Waals surface area contributed by atoms with Crippen molar-refractivity contribution in [1.29, 1.82) is 0 Å². The van der Waals surface area contributed by atoms with Crippen molar-refractivity contribution in [2.24, 2.45) is 0 Å². The molecule has 0 spiro atoms. The van der Waals surface area contributed by atoms with E-state index in [1.165, 1.54) is 35.9 Å². The standard InChI is InChI=1S/C20H21FN8O/c21-15-7-18-23-11-24-29(18)10-16(15)26-20(30)28-6-4-14-17(3-5-22-19(14)28)27-8-12-1-2-13(9-27)25-12/h3,5,7,10-13,25H,1-2,4,6,8-9H2,(H,26,30). The first-order valence-electron chi connectivity index (χ1n) is 10.2. The molecule has 30 heavy (non-hydrogen) atoms. The summed E-state index contributed by atoms with van der Waals surface area (Å²) in [5.41, 5.74) is 2.68. The first-order valence-corrected chi connectivity index (χ1v) is 10.2. The van der Waals surface area contributed by atoms with E-state index in [1.807, 2.05) is 6.07 Å². The number of urea groups is 1. The van der Waals surface area contributed by atoms with E-state index >= 15 is 0 Å². The van der Waals surface area contributed by atoms with Gasteiger partial charge in [0.15, 0.2) is 11.5 Å². The second-order valence-corrected chi connectivity index (χ2v) is 8.10. The van der Waals surface area contributed by atoms with Crippen molar-refractivity contribution in [2.75, 3.05) is 34.8 Å². The van der Waals surface area contributed by atoms with E-state index in [2.05, 4.69) is 30.6 Å². The monoisotopic (exact) mass is 408 g/mol. The fourth-order valence-corrected chi connectivity index (χ4v) is 4.87. The van der Waals surface area contributed by atoms with Gasteiger partial charge in [-0.1, -0.05) is 0 Å². The van der Waals surface area contributed by atoms with Gasteiger partial charge in [-0.25, -0.2) is 23.7 Å². The molecule has 10 heteroatoms. The second kappa shape index (κ2) is 6.63. The Kier molecular flexibility index (Phi) is 3.88. The van der Waals surface area contributed by atoms with E-state index in [-0.39, 0.29) is 5.69 Å². The van der Waals surface area contributed by atoms with Crippen LogP contribution in [0.4, 0.5) is 26.4 Å². The van der Waals surface area contributed by atoms with Crippen molar-refractivity contribution in [3.63, 3.8) is 0 Å². The molecule has 2 bridgehead atoms. The molecule has 2 atom stereocenters. The maximum atomic E-state index is 14.4. The summed E-state index contributed by atoms with van der Waals surface area (Å²) in [7, 11) is 0. The van der Waals surface area contributed by atoms with Crippen molar-refractivity contribution in [3.8, 4) is 0 Å². The SMILES string of the molecule is O=C(Nc1cn2ncnc2cc1F)N1CCc2c(N3CC4CCC(C3)N4)ccnc21. The van der Waals surface area contributed by atoms with Crippen LogP contribution in [-0.4, -0.2) is 57.3 Å². The van der Waals surface area contributed by atoms with Crippen molar-refractivity contribution >= 4 is 28.9 Å². The van der Waals surface area contributed by atoms with Crippen LogP contribution in [0.3, 0.4) is 0 Å². The number of aromatic nitrogens is 4. The summed E-state index contributed by atoms with van der Waals surface area (Å²) in [5, 5.41) is 10.3. The van der Waals surface area contributed by atoms with E-state index in [1.54, 1.807) is 11.1 Å². The van der Waals surface area contributed by atoms with E-state index < -0.39 is 11.8 Å². The average Bonchev–Trinajstić information content (AvgIpc) is 3.46. The Morgan fingerprint density at radius 1 is 1.23 bits per heavy atom. The largest absolute Gasteiger partial charge is 0.368 e. The van der Waals surface area contributed by atoms with Crippen molar-refractivity contribution in [1.82, 2.24) is 24.9 Å². The maximum absolute atomic E-state index is 14.4. The van der Waals surface area contributed by atoms with Gasteiger partial charge in [-0.2, -0.15) is 5.10 Å². The van der Waals surface area contributed by atoms with Crippen molar-refractivity contribution in [2.45, 2.75) is 31.3 Å². The van der Waals surface area contributed by atoms with Gasteiger partial charge < -0.3 is 15.5 Å². The van der Waals surface area contributed by atoms with Crippen molar-refractivity contribution in [3.05, 3.63) is 42.2 Å². The first kappa shape index (κ1) is 17.6. The number of nitrogens with zero attached hydrogens (tertiary/aromatic N) is 6. The van der Waals surface area contributed by atoms with Gasteiger partial charge in [-0.05, 0) is 25.3 Å². The fraction of sp³-hybridized carbons (Fsp3) is 0.400. The molecule has 154 valence electrons. The molecule has 2 amide bonds. The Morgan fingerprint density at radius 3 is 2.90 bits per heavy atom. The Hall–Kier alpha value is -3.27. The fourth-order valence-electron chi connectivity index (χ4n) is 4.87. The zero-order valence-corrected chi connectivity index (χ0v) is 16.3. The van der Waals surface area contributed by atoms with Crippen LogP contribution in [-0.2, 0) is 6.42 Å². The van der Waals surface area contributed by atoms with Crippen LogP contribution < -0.4 is 20.4 Å². The molecular weight excluding hydrogens is 387 g/mol. The molecule has 6 heterocycles. The Balaban J connectivity index is 1.26.